The summed E-state index contributed by atoms with van der Waals surface area (Å²) in [6.45, 7) is 7.30. The Hall–Kier alpha value is -0.160. The summed E-state index contributed by atoms with van der Waals surface area (Å²) in [7, 11) is 1.69. The fourth-order valence-electron chi connectivity index (χ4n) is 1.98. The van der Waals surface area contributed by atoms with Gasteiger partial charge in [0.1, 0.15) is 0 Å². The van der Waals surface area contributed by atoms with Crippen LogP contribution in [0.5, 0.6) is 0 Å². The zero-order valence-corrected chi connectivity index (χ0v) is 10.7. The minimum Gasteiger partial charge on any atom is -0.382 e. The number of methoxy groups -OCH3 is 1. The Labute approximate surface area is 98.6 Å². The number of hydrogen-bond donors (Lipinski definition) is 1. The smallest absolute Gasteiger partial charge is 0.0991 e. The van der Waals surface area contributed by atoms with Gasteiger partial charge in [0.15, 0.2) is 0 Å². The first kappa shape index (κ1) is 13.9. The van der Waals surface area contributed by atoms with Crippen molar-refractivity contribution in [1.29, 1.82) is 0 Å². The molecule has 1 fully saturated rings. The van der Waals surface area contributed by atoms with Gasteiger partial charge < -0.3 is 19.5 Å². The van der Waals surface area contributed by atoms with Crippen LogP contribution < -0.4 is 5.32 Å². The van der Waals surface area contributed by atoms with Crippen molar-refractivity contribution in [2.75, 3.05) is 33.5 Å². The highest BCUT2D eigenvalue weighted by Gasteiger charge is 2.42. The van der Waals surface area contributed by atoms with Crippen molar-refractivity contribution in [1.82, 2.24) is 5.32 Å². The van der Waals surface area contributed by atoms with Crippen molar-refractivity contribution in [2.45, 2.75) is 44.9 Å². The summed E-state index contributed by atoms with van der Waals surface area (Å²) in [4.78, 5) is 0. The number of rotatable bonds is 9. The third kappa shape index (κ3) is 4.01. The molecule has 0 aromatic rings. The van der Waals surface area contributed by atoms with E-state index in [1.165, 1.54) is 0 Å². The largest absolute Gasteiger partial charge is 0.382 e. The molecule has 96 valence electrons. The van der Waals surface area contributed by atoms with Gasteiger partial charge in [-0.15, -0.1) is 0 Å². The van der Waals surface area contributed by atoms with Crippen molar-refractivity contribution < 1.29 is 14.2 Å². The molecule has 0 heterocycles. The summed E-state index contributed by atoms with van der Waals surface area (Å²) in [6.07, 6.45) is 2.67. The Morgan fingerprint density at radius 3 is 2.62 bits per heavy atom. The minimum absolute atomic E-state index is 0.196. The average molecular weight is 231 g/mol. The molecule has 1 aliphatic carbocycles. The molecule has 1 saturated carbocycles. The fraction of sp³-hybridized carbons (Fsp3) is 1.00. The normalized spacial score (nSPS) is 29.1. The second-order valence-corrected chi connectivity index (χ2v) is 4.12. The summed E-state index contributed by atoms with van der Waals surface area (Å²) >= 11 is 0. The first-order chi connectivity index (χ1) is 7.83. The molecule has 0 bridgehead atoms. The van der Waals surface area contributed by atoms with Crippen molar-refractivity contribution in [3.8, 4) is 0 Å². The Bertz CT molecular complexity index is 178. The number of ether oxygens (including phenoxy) is 3. The fourth-order valence-corrected chi connectivity index (χ4v) is 1.98. The standard InChI is InChI=1S/C12H25NO3/c1-4-6-13-10-9-11(15-5-2)12(10)16-8-7-14-3/h10-13H,4-9H2,1-3H3. The second kappa shape index (κ2) is 8.01. The highest BCUT2D eigenvalue weighted by Crippen LogP contribution is 2.27. The van der Waals surface area contributed by atoms with Crippen LogP contribution in [0.3, 0.4) is 0 Å². The van der Waals surface area contributed by atoms with Crippen LogP contribution in [0, 0.1) is 0 Å². The number of hydrogen-bond acceptors (Lipinski definition) is 4. The molecule has 0 aliphatic heterocycles. The monoisotopic (exact) mass is 231 g/mol. The maximum absolute atomic E-state index is 5.78. The Morgan fingerprint density at radius 2 is 2.00 bits per heavy atom. The average Bonchev–Trinajstić information content (AvgIpc) is 2.28. The van der Waals surface area contributed by atoms with E-state index in [1.54, 1.807) is 7.11 Å². The molecule has 0 spiro atoms. The first-order valence-electron chi connectivity index (χ1n) is 6.29. The van der Waals surface area contributed by atoms with Crippen LogP contribution in [-0.4, -0.2) is 51.7 Å². The summed E-state index contributed by atoms with van der Waals surface area (Å²) in [5.74, 6) is 0. The van der Waals surface area contributed by atoms with Crippen molar-refractivity contribution in [3.63, 3.8) is 0 Å². The zero-order valence-electron chi connectivity index (χ0n) is 10.7. The molecule has 1 rings (SSSR count). The lowest BCUT2D eigenvalue weighted by atomic mass is 9.85. The molecule has 1 N–H and O–H groups in total. The molecule has 0 aromatic carbocycles. The second-order valence-electron chi connectivity index (χ2n) is 4.12. The molecule has 0 radical (unpaired) electrons. The van der Waals surface area contributed by atoms with E-state index in [2.05, 4.69) is 12.2 Å². The lowest BCUT2D eigenvalue weighted by Crippen LogP contribution is -2.60. The van der Waals surface area contributed by atoms with Crippen LogP contribution >= 0.6 is 0 Å². The molecule has 0 aromatic heterocycles. The van der Waals surface area contributed by atoms with Crippen molar-refractivity contribution in [3.05, 3.63) is 0 Å². The van der Waals surface area contributed by atoms with Gasteiger partial charge in [-0.05, 0) is 26.3 Å². The van der Waals surface area contributed by atoms with Gasteiger partial charge in [-0.1, -0.05) is 6.92 Å². The van der Waals surface area contributed by atoms with Gasteiger partial charge in [0, 0.05) is 19.8 Å². The Morgan fingerprint density at radius 1 is 1.19 bits per heavy atom. The predicted octanol–water partition coefficient (Wildman–Crippen LogP) is 1.19. The first-order valence-corrected chi connectivity index (χ1v) is 6.29. The highest BCUT2D eigenvalue weighted by molar-refractivity contribution is 4.97. The minimum atomic E-state index is 0.196. The Kier molecular flexibility index (Phi) is 6.96. The van der Waals surface area contributed by atoms with Crippen LogP contribution in [0.15, 0.2) is 0 Å². The third-order valence-corrected chi connectivity index (χ3v) is 2.88. The molecule has 1 aliphatic rings. The van der Waals surface area contributed by atoms with E-state index in [0.717, 1.165) is 26.0 Å². The molecule has 0 saturated heterocycles. The van der Waals surface area contributed by atoms with E-state index in [4.69, 9.17) is 14.2 Å². The summed E-state index contributed by atoms with van der Waals surface area (Å²) in [5, 5.41) is 3.49. The lowest BCUT2D eigenvalue weighted by molar-refractivity contribution is -0.149. The van der Waals surface area contributed by atoms with E-state index in [0.29, 0.717) is 19.3 Å². The van der Waals surface area contributed by atoms with Gasteiger partial charge in [-0.3, -0.25) is 0 Å². The lowest BCUT2D eigenvalue weighted by Gasteiger charge is -2.44. The third-order valence-electron chi connectivity index (χ3n) is 2.88. The van der Waals surface area contributed by atoms with E-state index in [-0.39, 0.29) is 12.2 Å². The molecule has 0 amide bonds. The van der Waals surface area contributed by atoms with Gasteiger partial charge in [-0.2, -0.15) is 0 Å². The van der Waals surface area contributed by atoms with Gasteiger partial charge >= 0.3 is 0 Å². The zero-order chi connectivity index (χ0) is 11.8. The van der Waals surface area contributed by atoms with Gasteiger partial charge in [0.05, 0.1) is 25.4 Å². The molecule has 16 heavy (non-hydrogen) atoms. The molecule has 3 atom stereocenters. The summed E-state index contributed by atoms with van der Waals surface area (Å²) in [6, 6.07) is 0.452. The predicted molar refractivity (Wildman–Crippen MR) is 63.7 cm³/mol. The molecule has 4 heteroatoms. The topological polar surface area (TPSA) is 39.7 Å². The molecule has 4 nitrogen and oxygen atoms in total. The van der Waals surface area contributed by atoms with E-state index in [9.17, 15) is 0 Å². The van der Waals surface area contributed by atoms with E-state index < -0.39 is 0 Å². The van der Waals surface area contributed by atoms with Crippen molar-refractivity contribution >= 4 is 0 Å². The quantitative estimate of drug-likeness (QED) is 0.605. The molecular formula is C12H25NO3. The number of nitrogens with one attached hydrogen (secondary N) is 1. The van der Waals surface area contributed by atoms with Crippen LogP contribution in [0.2, 0.25) is 0 Å². The van der Waals surface area contributed by atoms with Crippen LogP contribution in [-0.2, 0) is 14.2 Å². The van der Waals surface area contributed by atoms with Crippen LogP contribution in [0.4, 0.5) is 0 Å². The maximum Gasteiger partial charge on any atom is 0.0991 e. The van der Waals surface area contributed by atoms with Crippen LogP contribution in [0.25, 0.3) is 0 Å². The van der Waals surface area contributed by atoms with Gasteiger partial charge in [-0.25, -0.2) is 0 Å². The van der Waals surface area contributed by atoms with Gasteiger partial charge in [0.2, 0.25) is 0 Å². The Balaban J connectivity index is 2.24. The molecule has 3 unspecified atom stereocenters. The maximum atomic E-state index is 5.78. The summed E-state index contributed by atoms with van der Waals surface area (Å²) in [5.41, 5.74) is 0. The molecular weight excluding hydrogens is 206 g/mol. The summed E-state index contributed by atoms with van der Waals surface area (Å²) < 4.78 is 16.4. The SMILES string of the molecule is CCCNC1CC(OCC)C1OCCOC. The van der Waals surface area contributed by atoms with Gasteiger partial charge in [0.25, 0.3) is 0 Å². The van der Waals surface area contributed by atoms with E-state index >= 15 is 0 Å². The van der Waals surface area contributed by atoms with Crippen molar-refractivity contribution in [2.24, 2.45) is 0 Å². The van der Waals surface area contributed by atoms with Crippen LogP contribution in [0.1, 0.15) is 26.7 Å². The van der Waals surface area contributed by atoms with E-state index in [1.807, 2.05) is 6.92 Å². The highest BCUT2D eigenvalue weighted by atomic mass is 16.6.